The van der Waals surface area contributed by atoms with Crippen LogP contribution in [0.25, 0.3) is 0 Å². The van der Waals surface area contributed by atoms with E-state index in [1.165, 1.54) is 13.0 Å². The summed E-state index contributed by atoms with van der Waals surface area (Å²) >= 11 is 5.75. The van der Waals surface area contributed by atoms with E-state index in [0.717, 1.165) is 12.1 Å². The minimum Gasteiger partial charge on any atom is -0.207 e. The zero-order valence-corrected chi connectivity index (χ0v) is 11.2. The van der Waals surface area contributed by atoms with Gasteiger partial charge in [0.05, 0.1) is 11.1 Å². The van der Waals surface area contributed by atoms with Gasteiger partial charge >= 0.3 is 0 Å². The van der Waals surface area contributed by atoms with Gasteiger partial charge in [-0.25, -0.2) is 17.5 Å². The topological polar surface area (TPSA) is 101 Å². The van der Waals surface area contributed by atoms with E-state index in [4.69, 9.17) is 11.6 Å². The number of hydrogen-bond donors (Lipinski definition) is 2. The van der Waals surface area contributed by atoms with Gasteiger partial charge in [-0.1, -0.05) is 16.8 Å². The van der Waals surface area contributed by atoms with Gasteiger partial charge in [-0.3, -0.25) is 0 Å². The Morgan fingerprint density at radius 2 is 2.21 bits per heavy atom. The van der Waals surface area contributed by atoms with Crippen LogP contribution in [0.1, 0.15) is 18.8 Å². The summed E-state index contributed by atoms with van der Waals surface area (Å²) in [6.07, 6.45) is 0. The highest BCUT2D eigenvalue weighted by molar-refractivity contribution is 7.89. The van der Waals surface area contributed by atoms with Crippen molar-refractivity contribution in [3.05, 3.63) is 34.9 Å². The first kappa shape index (κ1) is 13.8. The molecular weight excluding hydrogens is 297 g/mol. The maximum atomic E-state index is 13.1. The summed E-state index contributed by atoms with van der Waals surface area (Å²) < 4.78 is 39.5. The second-order valence-corrected chi connectivity index (χ2v) is 5.78. The molecule has 0 fully saturated rings. The third-order valence-corrected chi connectivity index (χ3v) is 4.29. The number of rotatable bonds is 4. The lowest BCUT2D eigenvalue weighted by Crippen LogP contribution is -2.28. The number of aromatic nitrogens is 4. The summed E-state index contributed by atoms with van der Waals surface area (Å²) in [5.74, 6) is -0.534. The molecule has 0 spiro atoms. The molecule has 2 rings (SSSR count). The van der Waals surface area contributed by atoms with Crippen LogP contribution in [0.15, 0.2) is 23.1 Å². The number of tetrazole rings is 1. The fourth-order valence-corrected chi connectivity index (χ4v) is 3.10. The van der Waals surface area contributed by atoms with Crippen molar-refractivity contribution in [1.82, 2.24) is 25.3 Å². The number of halogens is 2. The Kier molecular flexibility index (Phi) is 3.78. The van der Waals surface area contributed by atoms with Gasteiger partial charge in [0.1, 0.15) is 10.7 Å². The van der Waals surface area contributed by atoms with E-state index < -0.39 is 21.9 Å². The molecule has 0 aliphatic heterocycles. The third-order valence-electron chi connectivity index (χ3n) is 2.26. The zero-order chi connectivity index (χ0) is 14.0. The summed E-state index contributed by atoms with van der Waals surface area (Å²) in [5.41, 5.74) is 0. The number of nitrogens with zero attached hydrogens (tertiary/aromatic N) is 3. The van der Waals surface area contributed by atoms with Gasteiger partial charge < -0.3 is 0 Å². The molecule has 0 saturated heterocycles. The lowest BCUT2D eigenvalue weighted by Gasteiger charge is -2.11. The van der Waals surface area contributed by atoms with Crippen LogP contribution >= 0.6 is 11.6 Å². The number of aromatic amines is 1. The van der Waals surface area contributed by atoms with Crippen LogP contribution < -0.4 is 4.72 Å². The first-order valence-electron chi connectivity index (χ1n) is 5.11. The number of sulfonamides is 1. The Labute approximate surface area is 113 Å². The Bertz CT molecular complexity index is 676. The van der Waals surface area contributed by atoms with Gasteiger partial charge in [0, 0.05) is 0 Å². The van der Waals surface area contributed by atoms with Crippen molar-refractivity contribution in [2.24, 2.45) is 0 Å². The van der Waals surface area contributed by atoms with Crippen LogP contribution in [-0.4, -0.2) is 29.0 Å². The predicted molar refractivity (Wildman–Crippen MR) is 64.3 cm³/mol. The summed E-state index contributed by atoms with van der Waals surface area (Å²) in [5, 5.41) is 12.8. The molecule has 0 aliphatic carbocycles. The normalized spacial score (nSPS) is 13.4. The van der Waals surface area contributed by atoms with Crippen LogP contribution in [0.5, 0.6) is 0 Å². The molecule has 1 atom stereocenters. The molecule has 0 saturated carbocycles. The number of H-pyrrole nitrogens is 1. The van der Waals surface area contributed by atoms with Gasteiger partial charge in [-0.2, -0.15) is 5.21 Å². The van der Waals surface area contributed by atoms with Crippen molar-refractivity contribution in [3.63, 3.8) is 0 Å². The van der Waals surface area contributed by atoms with E-state index in [1.54, 1.807) is 0 Å². The molecule has 2 aromatic rings. The van der Waals surface area contributed by atoms with Crippen LogP contribution in [-0.2, 0) is 10.0 Å². The second kappa shape index (κ2) is 5.19. The van der Waals surface area contributed by atoms with Crippen LogP contribution in [0, 0.1) is 5.82 Å². The summed E-state index contributed by atoms with van der Waals surface area (Å²) in [7, 11) is -3.98. The summed E-state index contributed by atoms with van der Waals surface area (Å²) in [6, 6.07) is 2.35. The highest BCUT2D eigenvalue weighted by Gasteiger charge is 2.23. The maximum absolute atomic E-state index is 13.1. The fraction of sp³-hybridized carbons (Fsp3) is 0.222. The zero-order valence-electron chi connectivity index (χ0n) is 9.63. The highest BCUT2D eigenvalue weighted by atomic mass is 35.5. The Morgan fingerprint density at radius 1 is 1.47 bits per heavy atom. The van der Waals surface area contributed by atoms with Crippen molar-refractivity contribution >= 4 is 21.6 Å². The lowest BCUT2D eigenvalue weighted by atomic mass is 10.3. The van der Waals surface area contributed by atoms with E-state index in [1.807, 2.05) is 0 Å². The first-order valence-corrected chi connectivity index (χ1v) is 6.97. The van der Waals surface area contributed by atoms with Crippen LogP contribution in [0.4, 0.5) is 4.39 Å². The summed E-state index contributed by atoms with van der Waals surface area (Å²) in [6.45, 7) is 1.52. The molecule has 102 valence electrons. The smallest absolute Gasteiger partial charge is 0.207 e. The average molecular weight is 306 g/mol. The third kappa shape index (κ3) is 3.06. The monoisotopic (exact) mass is 305 g/mol. The largest absolute Gasteiger partial charge is 0.242 e. The molecule has 10 heteroatoms. The molecule has 0 aliphatic rings. The minimum absolute atomic E-state index is 0.0748. The molecule has 1 aromatic heterocycles. The van der Waals surface area contributed by atoms with Crippen molar-refractivity contribution in [2.45, 2.75) is 17.9 Å². The fourth-order valence-electron chi connectivity index (χ4n) is 1.39. The van der Waals surface area contributed by atoms with E-state index in [2.05, 4.69) is 25.3 Å². The van der Waals surface area contributed by atoms with Gasteiger partial charge in [-0.05, 0) is 25.1 Å². The van der Waals surface area contributed by atoms with Crippen LogP contribution in [0.3, 0.4) is 0 Å². The Hall–Kier alpha value is -1.58. The highest BCUT2D eigenvalue weighted by Crippen LogP contribution is 2.23. The van der Waals surface area contributed by atoms with Gasteiger partial charge in [0.2, 0.25) is 10.0 Å². The maximum Gasteiger partial charge on any atom is 0.242 e. The lowest BCUT2D eigenvalue weighted by molar-refractivity contribution is 0.557. The number of benzene rings is 1. The molecule has 0 bridgehead atoms. The molecule has 19 heavy (non-hydrogen) atoms. The SMILES string of the molecule is CC(NS(=O)(=O)c1cc(F)ccc1Cl)c1nn[nH]n1. The second-order valence-electron chi connectivity index (χ2n) is 3.69. The van der Waals surface area contributed by atoms with Crippen molar-refractivity contribution in [1.29, 1.82) is 0 Å². The van der Waals surface area contributed by atoms with E-state index >= 15 is 0 Å². The van der Waals surface area contributed by atoms with Gasteiger partial charge in [-0.15, -0.1) is 10.2 Å². The average Bonchev–Trinajstić information content (AvgIpc) is 2.85. The van der Waals surface area contributed by atoms with Gasteiger partial charge in [0.15, 0.2) is 5.82 Å². The molecule has 2 N–H and O–H groups in total. The van der Waals surface area contributed by atoms with Crippen LogP contribution in [0.2, 0.25) is 5.02 Å². The quantitative estimate of drug-likeness (QED) is 0.878. The van der Waals surface area contributed by atoms with E-state index in [9.17, 15) is 12.8 Å². The Balaban J connectivity index is 2.30. The van der Waals surface area contributed by atoms with Crippen molar-refractivity contribution < 1.29 is 12.8 Å². The first-order chi connectivity index (χ1) is 8.90. The predicted octanol–water partition coefficient (Wildman–Crippen LogP) is 1.03. The number of hydrogen-bond acceptors (Lipinski definition) is 5. The Morgan fingerprint density at radius 3 is 2.84 bits per heavy atom. The molecule has 1 heterocycles. The minimum atomic E-state index is -3.98. The standard InChI is InChI=1S/C9H9ClFN5O2S/c1-5(9-12-15-16-13-9)14-19(17,18)8-4-6(11)2-3-7(8)10/h2-5,14H,1H3,(H,12,13,15,16). The van der Waals surface area contributed by atoms with E-state index in [-0.39, 0.29) is 15.7 Å². The van der Waals surface area contributed by atoms with Gasteiger partial charge in [0.25, 0.3) is 0 Å². The number of nitrogens with one attached hydrogen (secondary N) is 2. The molecule has 0 radical (unpaired) electrons. The van der Waals surface area contributed by atoms with Crippen molar-refractivity contribution in [2.75, 3.05) is 0 Å². The molecule has 7 nitrogen and oxygen atoms in total. The molecule has 1 unspecified atom stereocenters. The molecule has 0 amide bonds. The summed E-state index contributed by atoms with van der Waals surface area (Å²) in [4.78, 5) is -0.343. The molecule has 1 aromatic carbocycles. The molecular formula is C9H9ClFN5O2S. The van der Waals surface area contributed by atoms with E-state index in [0.29, 0.717) is 0 Å². The van der Waals surface area contributed by atoms with Crippen molar-refractivity contribution in [3.8, 4) is 0 Å².